The molecule has 2 rings (SSSR count). The Hall–Kier alpha value is -1.75. The zero-order valence-electron chi connectivity index (χ0n) is 12.0. The zero-order valence-corrected chi connectivity index (χ0v) is 12.9. The Kier molecular flexibility index (Phi) is 4.84. The Labute approximate surface area is 123 Å². The zero-order chi connectivity index (χ0) is 14.5. The van der Waals surface area contributed by atoms with E-state index in [9.17, 15) is 4.79 Å². The van der Waals surface area contributed by atoms with Gasteiger partial charge in [0.2, 0.25) is 5.91 Å². The van der Waals surface area contributed by atoms with Gasteiger partial charge in [0.25, 0.3) is 0 Å². The minimum atomic E-state index is 0.112. The van der Waals surface area contributed by atoms with Crippen LogP contribution in [0.3, 0.4) is 0 Å². The van der Waals surface area contributed by atoms with Crippen LogP contribution in [0, 0.1) is 6.92 Å². The van der Waals surface area contributed by atoms with E-state index in [0.717, 1.165) is 5.16 Å². The third kappa shape index (κ3) is 3.63. The summed E-state index contributed by atoms with van der Waals surface area (Å²) in [6.45, 7) is 2.71. The van der Waals surface area contributed by atoms with Crippen molar-refractivity contribution in [3.05, 3.63) is 47.8 Å². The monoisotopic (exact) mass is 289 g/mol. The molecule has 1 heterocycles. The number of aromatic nitrogens is 2. The number of benzene rings is 1. The number of aryl methyl sites for hydroxylation is 2. The van der Waals surface area contributed by atoms with Gasteiger partial charge in [-0.25, -0.2) is 4.98 Å². The van der Waals surface area contributed by atoms with Gasteiger partial charge in [0.05, 0.1) is 5.75 Å². The molecule has 106 valence electrons. The highest BCUT2D eigenvalue weighted by molar-refractivity contribution is 7.99. The highest BCUT2D eigenvalue weighted by atomic mass is 32.2. The van der Waals surface area contributed by atoms with Crippen LogP contribution in [0.1, 0.15) is 11.1 Å². The first-order chi connectivity index (χ1) is 9.58. The van der Waals surface area contributed by atoms with Gasteiger partial charge in [-0.2, -0.15) is 0 Å². The van der Waals surface area contributed by atoms with Crippen LogP contribution in [0.5, 0.6) is 0 Å². The van der Waals surface area contributed by atoms with Gasteiger partial charge in [0.15, 0.2) is 5.16 Å². The summed E-state index contributed by atoms with van der Waals surface area (Å²) in [7, 11) is 3.77. The van der Waals surface area contributed by atoms with Crippen molar-refractivity contribution in [2.45, 2.75) is 18.6 Å². The minimum absolute atomic E-state index is 0.112. The summed E-state index contributed by atoms with van der Waals surface area (Å²) >= 11 is 1.47. The predicted octanol–water partition coefficient (Wildman–Crippen LogP) is 2.48. The van der Waals surface area contributed by atoms with Crippen LogP contribution in [0.25, 0.3) is 0 Å². The van der Waals surface area contributed by atoms with E-state index in [1.54, 1.807) is 11.1 Å². The van der Waals surface area contributed by atoms with E-state index in [-0.39, 0.29) is 5.91 Å². The number of hydrogen-bond acceptors (Lipinski definition) is 3. The van der Waals surface area contributed by atoms with Crippen LogP contribution < -0.4 is 0 Å². The number of thioether (sulfide) groups is 1. The average molecular weight is 289 g/mol. The van der Waals surface area contributed by atoms with Crippen LogP contribution in [-0.4, -0.2) is 33.2 Å². The van der Waals surface area contributed by atoms with Crippen molar-refractivity contribution in [1.82, 2.24) is 14.5 Å². The van der Waals surface area contributed by atoms with E-state index < -0.39 is 0 Å². The fourth-order valence-electron chi connectivity index (χ4n) is 1.86. The van der Waals surface area contributed by atoms with Gasteiger partial charge in [0.1, 0.15) is 0 Å². The third-order valence-corrected chi connectivity index (χ3v) is 4.24. The van der Waals surface area contributed by atoms with Crippen molar-refractivity contribution < 1.29 is 4.79 Å². The van der Waals surface area contributed by atoms with Crippen LogP contribution >= 0.6 is 11.8 Å². The van der Waals surface area contributed by atoms with Gasteiger partial charge in [-0.1, -0.05) is 36.0 Å². The molecule has 0 aliphatic rings. The summed E-state index contributed by atoms with van der Waals surface area (Å²) in [6.07, 6.45) is 3.62. The molecule has 0 radical (unpaired) electrons. The molecule has 2 aromatic rings. The summed E-state index contributed by atoms with van der Waals surface area (Å²) in [5.74, 6) is 0.522. The van der Waals surface area contributed by atoms with Gasteiger partial charge in [0, 0.05) is 33.0 Å². The first kappa shape index (κ1) is 14.7. The Morgan fingerprint density at radius 1 is 1.40 bits per heavy atom. The van der Waals surface area contributed by atoms with Crippen molar-refractivity contribution in [2.24, 2.45) is 7.05 Å². The van der Waals surface area contributed by atoms with Crippen molar-refractivity contribution in [2.75, 3.05) is 12.8 Å². The lowest BCUT2D eigenvalue weighted by Crippen LogP contribution is -2.28. The maximum absolute atomic E-state index is 12.1. The number of carbonyl (C=O) groups excluding carboxylic acids is 1. The summed E-state index contributed by atoms with van der Waals surface area (Å²) in [5, 5.41) is 0.864. The minimum Gasteiger partial charge on any atom is -0.341 e. The summed E-state index contributed by atoms with van der Waals surface area (Å²) in [4.78, 5) is 18.1. The van der Waals surface area contributed by atoms with Gasteiger partial charge < -0.3 is 9.47 Å². The normalized spacial score (nSPS) is 10.6. The molecule has 0 saturated heterocycles. The Morgan fingerprint density at radius 2 is 2.15 bits per heavy atom. The molecule has 5 heteroatoms. The number of hydrogen-bond donors (Lipinski definition) is 0. The van der Waals surface area contributed by atoms with E-state index in [4.69, 9.17) is 0 Å². The standard InChI is InChI=1S/C15H19N3OS/c1-12-6-4-5-7-13(12)10-18(3)14(19)11-20-15-16-8-9-17(15)2/h4-9H,10-11H2,1-3H3. The molecule has 4 nitrogen and oxygen atoms in total. The molecule has 0 saturated carbocycles. The molecular weight excluding hydrogens is 270 g/mol. The van der Waals surface area contributed by atoms with Crippen LogP contribution in [-0.2, 0) is 18.4 Å². The number of rotatable bonds is 5. The molecule has 0 unspecified atom stereocenters. The smallest absolute Gasteiger partial charge is 0.233 e. The van der Waals surface area contributed by atoms with Crippen molar-refractivity contribution >= 4 is 17.7 Å². The number of nitrogens with zero attached hydrogens (tertiary/aromatic N) is 3. The lowest BCUT2D eigenvalue weighted by molar-refractivity contribution is -0.127. The lowest BCUT2D eigenvalue weighted by Gasteiger charge is -2.18. The van der Waals surface area contributed by atoms with Crippen LogP contribution in [0.2, 0.25) is 0 Å². The molecule has 0 N–H and O–H groups in total. The van der Waals surface area contributed by atoms with Crippen LogP contribution in [0.15, 0.2) is 41.8 Å². The molecule has 0 fully saturated rings. The first-order valence-electron chi connectivity index (χ1n) is 6.46. The first-order valence-corrected chi connectivity index (χ1v) is 7.45. The van der Waals surface area contributed by atoms with Crippen molar-refractivity contribution in [3.63, 3.8) is 0 Å². The van der Waals surface area contributed by atoms with Gasteiger partial charge in [-0.3, -0.25) is 4.79 Å². The predicted molar refractivity (Wildman–Crippen MR) is 81.6 cm³/mol. The quantitative estimate of drug-likeness (QED) is 0.794. The summed E-state index contributed by atoms with van der Waals surface area (Å²) < 4.78 is 1.92. The third-order valence-electron chi connectivity index (χ3n) is 3.20. The summed E-state index contributed by atoms with van der Waals surface area (Å²) in [6, 6.07) is 8.14. The summed E-state index contributed by atoms with van der Waals surface area (Å²) in [5.41, 5.74) is 2.40. The van der Waals surface area contributed by atoms with Crippen molar-refractivity contribution in [1.29, 1.82) is 0 Å². The molecule has 0 aliphatic heterocycles. The molecule has 0 spiro atoms. The Morgan fingerprint density at radius 3 is 2.80 bits per heavy atom. The molecule has 1 aromatic heterocycles. The van der Waals surface area contributed by atoms with Gasteiger partial charge >= 0.3 is 0 Å². The molecule has 20 heavy (non-hydrogen) atoms. The Balaban J connectivity index is 1.89. The van der Waals surface area contributed by atoms with E-state index in [2.05, 4.69) is 24.0 Å². The van der Waals surface area contributed by atoms with E-state index >= 15 is 0 Å². The van der Waals surface area contributed by atoms with Crippen LogP contribution in [0.4, 0.5) is 0 Å². The van der Waals surface area contributed by atoms with E-state index in [1.807, 2.05) is 37.0 Å². The maximum atomic E-state index is 12.1. The van der Waals surface area contributed by atoms with Gasteiger partial charge in [-0.15, -0.1) is 0 Å². The van der Waals surface area contributed by atoms with Crippen molar-refractivity contribution in [3.8, 4) is 0 Å². The average Bonchev–Trinajstić information content (AvgIpc) is 2.84. The number of imidazole rings is 1. The molecule has 0 aliphatic carbocycles. The molecule has 0 bridgehead atoms. The number of carbonyl (C=O) groups is 1. The van der Waals surface area contributed by atoms with E-state index in [1.165, 1.54) is 22.9 Å². The topological polar surface area (TPSA) is 38.1 Å². The molecule has 1 amide bonds. The fraction of sp³-hybridized carbons (Fsp3) is 0.333. The highest BCUT2D eigenvalue weighted by Gasteiger charge is 2.12. The highest BCUT2D eigenvalue weighted by Crippen LogP contribution is 2.16. The second-order valence-corrected chi connectivity index (χ2v) is 5.73. The molecule has 0 atom stereocenters. The molecule has 1 aromatic carbocycles. The molecular formula is C15H19N3OS. The Bertz CT molecular complexity index is 594. The van der Waals surface area contributed by atoms with Gasteiger partial charge in [-0.05, 0) is 18.1 Å². The maximum Gasteiger partial charge on any atom is 0.233 e. The number of amides is 1. The lowest BCUT2D eigenvalue weighted by atomic mass is 10.1. The fourth-order valence-corrected chi connectivity index (χ4v) is 2.73. The van der Waals surface area contributed by atoms with E-state index in [0.29, 0.717) is 12.3 Å². The second-order valence-electron chi connectivity index (χ2n) is 4.79. The second kappa shape index (κ2) is 6.61. The largest absolute Gasteiger partial charge is 0.341 e. The SMILES string of the molecule is Cc1ccccc1CN(C)C(=O)CSc1nccn1C.